The highest BCUT2D eigenvalue weighted by Crippen LogP contribution is 2.10. The number of aryl methyl sites for hydroxylation is 1. The summed E-state index contributed by atoms with van der Waals surface area (Å²) < 4.78 is 0. The molecule has 0 fully saturated rings. The number of nitrogens with zero attached hydrogens (tertiary/aromatic N) is 1. The molecular formula is C15H17N3O. The number of rotatable bonds is 4. The van der Waals surface area contributed by atoms with Gasteiger partial charge in [-0.05, 0) is 38.1 Å². The zero-order valence-corrected chi connectivity index (χ0v) is 11.1. The van der Waals surface area contributed by atoms with Crippen molar-refractivity contribution in [1.82, 2.24) is 4.98 Å². The van der Waals surface area contributed by atoms with Crippen molar-refractivity contribution in [3.63, 3.8) is 0 Å². The summed E-state index contributed by atoms with van der Waals surface area (Å²) in [4.78, 5) is 16.1. The van der Waals surface area contributed by atoms with E-state index in [0.717, 1.165) is 11.3 Å². The molecule has 2 N–H and O–H groups in total. The predicted octanol–water partition coefficient (Wildman–Crippen LogP) is 2.83. The maximum absolute atomic E-state index is 12.0. The fraction of sp³-hybridized carbons (Fsp3) is 0.200. The largest absolute Gasteiger partial charge is 0.359 e. The summed E-state index contributed by atoms with van der Waals surface area (Å²) in [5, 5.41) is 5.91. The topological polar surface area (TPSA) is 54.0 Å². The molecule has 1 aromatic heterocycles. The highest BCUT2D eigenvalue weighted by atomic mass is 16.2. The normalized spacial score (nSPS) is 11.7. The summed E-state index contributed by atoms with van der Waals surface area (Å²) in [6, 6.07) is 12.9. The average molecular weight is 255 g/mol. The number of hydrogen-bond acceptors (Lipinski definition) is 3. The third-order valence-electron chi connectivity index (χ3n) is 2.74. The van der Waals surface area contributed by atoms with Gasteiger partial charge in [-0.15, -0.1) is 0 Å². The molecule has 0 saturated carbocycles. The summed E-state index contributed by atoms with van der Waals surface area (Å²) in [6.45, 7) is 3.81. The quantitative estimate of drug-likeness (QED) is 0.883. The first kappa shape index (κ1) is 13.1. The number of benzene rings is 1. The van der Waals surface area contributed by atoms with E-state index in [1.54, 1.807) is 13.1 Å². The van der Waals surface area contributed by atoms with Gasteiger partial charge < -0.3 is 10.6 Å². The molecule has 19 heavy (non-hydrogen) atoms. The molecule has 0 saturated heterocycles. The molecule has 1 amide bonds. The standard InChI is InChI=1S/C15H17N3O/c1-11-6-8-13(9-7-11)18-15(19)12(2)17-14-5-3-4-10-16-14/h3-10,12H,1-2H3,(H,16,17)(H,18,19)/t12-/m1/s1. The highest BCUT2D eigenvalue weighted by Gasteiger charge is 2.12. The molecule has 98 valence electrons. The maximum atomic E-state index is 12.0. The third kappa shape index (κ3) is 3.81. The van der Waals surface area contributed by atoms with Crippen LogP contribution in [0.2, 0.25) is 0 Å². The Hall–Kier alpha value is -2.36. The molecule has 0 aliphatic rings. The van der Waals surface area contributed by atoms with Crippen LogP contribution in [0, 0.1) is 6.92 Å². The van der Waals surface area contributed by atoms with E-state index < -0.39 is 0 Å². The van der Waals surface area contributed by atoms with Crippen LogP contribution in [0.4, 0.5) is 11.5 Å². The Labute approximate surface area is 112 Å². The molecule has 1 aromatic carbocycles. The van der Waals surface area contributed by atoms with Gasteiger partial charge in [0.1, 0.15) is 11.9 Å². The van der Waals surface area contributed by atoms with Gasteiger partial charge in [-0.25, -0.2) is 4.98 Å². The molecule has 4 nitrogen and oxygen atoms in total. The van der Waals surface area contributed by atoms with Crippen molar-refractivity contribution in [3.8, 4) is 0 Å². The Balaban J connectivity index is 1.94. The number of carbonyl (C=O) groups is 1. The lowest BCUT2D eigenvalue weighted by atomic mass is 10.2. The van der Waals surface area contributed by atoms with Crippen molar-refractivity contribution < 1.29 is 4.79 Å². The summed E-state index contributed by atoms with van der Waals surface area (Å²) in [5.41, 5.74) is 1.96. The van der Waals surface area contributed by atoms with Gasteiger partial charge >= 0.3 is 0 Å². The first-order chi connectivity index (χ1) is 9.15. The maximum Gasteiger partial charge on any atom is 0.246 e. The Morgan fingerprint density at radius 2 is 1.89 bits per heavy atom. The molecule has 0 radical (unpaired) electrons. The van der Waals surface area contributed by atoms with Gasteiger partial charge in [-0.2, -0.15) is 0 Å². The Bertz CT molecular complexity index is 537. The van der Waals surface area contributed by atoms with Crippen molar-refractivity contribution in [2.24, 2.45) is 0 Å². The number of carbonyl (C=O) groups excluding carboxylic acids is 1. The molecule has 0 unspecified atom stereocenters. The number of hydrogen-bond donors (Lipinski definition) is 2. The van der Waals surface area contributed by atoms with Gasteiger partial charge in [-0.3, -0.25) is 4.79 Å². The van der Waals surface area contributed by atoms with E-state index in [2.05, 4.69) is 15.6 Å². The van der Waals surface area contributed by atoms with Crippen LogP contribution in [0.25, 0.3) is 0 Å². The summed E-state index contributed by atoms with van der Waals surface area (Å²) in [6.07, 6.45) is 1.69. The van der Waals surface area contributed by atoms with Crippen molar-refractivity contribution in [3.05, 3.63) is 54.2 Å². The number of pyridine rings is 1. The predicted molar refractivity (Wildman–Crippen MR) is 77.1 cm³/mol. The van der Waals surface area contributed by atoms with E-state index in [9.17, 15) is 4.79 Å². The minimum absolute atomic E-state index is 0.0884. The Morgan fingerprint density at radius 3 is 2.53 bits per heavy atom. The van der Waals surface area contributed by atoms with Gasteiger partial charge in [0.05, 0.1) is 0 Å². The SMILES string of the molecule is Cc1ccc(NC(=O)[C@@H](C)Nc2ccccn2)cc1. The first-order valence-corrected chi connectivity index (χ1v) is 6.20. The van der Waals surface area contributed by atoms with Crippen molar-refractivity contribution in [2.75, 3.05) is 10.6 Å². The van der Waals surface area contributed by atoms with Crippen molar-refractivity contribution in [2.45, 2.75) is 19.9 Å². The highest BCUT2D eigenvalue weighted by molar-refractivity contribution is 5.96. The van der Waals surface area contributed by atoms with Gasteiger partial charge in [0, 0.05) is 11.9 Å². The minimum Gasteiger partial charge on any atom is -0.359 e. The number of aromatic nitrogens is 1. The zero-order chi connectivity index (χ0) is 13.7. The molecule has 0 aliphatic heterocycles. The molecule has 0 spiro atoms. The lowest BCUT2D eigenvalue weighted by molar-refractivity contribution is -0.116. The van der Waals surface area contributed by atoms with Crippen LogP contribution >= 0.6 is 0 Å². The van der Waals surface area contributed by atoms with Crippen LogP contribution in [-0.2, 0) is 4.79 Å². The van der Waals surface area contributed by atoms with Crippen LogP contribution in [0.1, 0.15) is 12.5 Å². The van der Waals surface area contributed by atoms with Crippen LogP contribution in [0.15, 0.2) is 48.7 Å². The molecule has 2 rings (SSSR count). The van der Waals surface area contributed by atoms with E-state index >= 15 is 0 Å². The monoisotopic (exact) mass is 255 g/mol. The minimum atomic E-state index is -0.351. The van der Waals surface area contributed by atoms with Crippen LogP contribution in [0.5, 0.6) is 0 Å². The van der Waals surface area contributed by atoms with E-state index in [1.165, 1.54) is 0 Å². The van der Waals surface area contributed by atoms with Crippen molar-refractivity contribution >= 4 is 17.4 Å². The Morgan fingerprint density at radius 1 is 1.16 bits per heavy atom. The van der Waals surface area contributed by atoms with Crippen LogP contribution in [0.3, 0.4) is 0 Å². The van der Waals surface area contributed by atoms with Gasteiger partial charge in [0.2, 0.25) is 5.91 Å². The molecule has 4 heteroatoms. The fourth-order valence-corrected chi connectivity index (χ4v) is 1.62. The average Bonchev–Trinajstić information content (AvgIpc) is 2.42. The number of nitrogens with one attached hydrogen (secondary N) is 2. The van der Waals surface area contributed by atoms with Gasteiger partial charge in [0.25, 0.3) is 0 Å². The summed E-state index contributed by atoms with van der Waals surface area (Å²) in [5.74, 6) is 0.601. The second-order valence-corrected chi connectivity index (χ2v) is 4.44. The molecular weight excluding hydrogens is 238 g/mol. The summed E-state index contributed by atoms with van der Waals surface area (Å²) in [7, 11) is 0. The number of anilines is 2. The molecule has 0 aliphatic carbocycles. The second-order valence-electron chi connectivity index (χ2n) is 4.44. The van der Waals surface area contributed by atoms with E-state index in [1.807, 2.05) is 49.4 Å². The van der Waals surface area contributed by atoms with Gasteiger partial charge in [0.15, 0.2) is 0 Å². The molecule has 1 heterocycles. The van der Waals surface area contributed by atoms with Crippen LogP contribution in [-0.4, -0.2) is 16.9 Å². The fourth-order valence-electron chi connectivity index (χ4n) is 1.62. The Kier molecular flexibility index (Phi) is 4.13. The lowest BCUT2D eigenvalue weighted by Gasteiger charge is -2.14. The lowest BCUT2D eigenvalue weighted by Crippen LogP contribution is -2.32. The molecule has 2 aromatic rings. The number of amides is 1. The van der Waals surface area contributed by atoms with E-state index in [-0.39, 0.29) is 11.9 Å². The third-order valence-corrected chi connectivity index (χ3v) is 2.74. The van der Waals surface area contributed by atoms with E-state index in [0.29, 0.717) is 5.82 Å². The molecule has 1 atom stereocenters. The second kappa shape index (κ2) is 6.00. The summed E-state index contributed by atoms with van der Waals surface area (Å²) >= 11 is 0. The van der Waals surface area contributed by atoms with Crippen molar-refractivity contribution in [1.29, 1.82) is 0 Å². The zero-order valence-electron chi connectivity index (χ0n) is 11.1. The smallest absolute Gasteiger partial charge is 0.246 e. The van der Waals surface area contributed by atoms with Crippen LogP contribution < -0.4 is 10.6 Å². The van der Waals surface area contributed by atoms with Gasteiger partial charge in [-0.1, -0.05) is 23.8 Å². The van der Waals surface area contributed by atoms with E-state index in [4.69, 9.17) is 0 Å². The first-order valence-electron chi connectivity index (χ1n) is 6.20. The molecule has 0 bridgehead atoms.